The SMILES string of the molecule is CCNC(=NCc1noc(C)n1)N(C)CCOc1cccc(Cl)c1. The van der Waals surface area contributed by atoms with Crippen LogP contribution < -0.4 is 10.1 Å². The fraction of sp³-hybridized carbons (Fsp3) is 0.438. The first-order valence-corrected chi connectivity index (χ1v) is 8.13. The van der Waals surface area contributed by atoms with Gasteiger partial charge in [0.1, 0.15) is 18.9 Å². The number of aryl methyl sites for hydroxylation is 1. The number of likely N-dealkylation sites (N-methyl/N-ethyl adjacent to an activating group) is 1. The van der Waals surface area contributed by atoms with Crippen LogP contribution in [-0.2, 0) is 6.54 Å². The van der Waals surface area contributed by atoms with Gasteiger partial charge in [-0.05, 0) is 25.1 Å². The Morgan fingerprint density at radius 3 is 2.96 bits per heavy atom. The van der Waals surface area contributed by atoms with Gasteiger partial charge in [-0.15, -0.1) is 0 Å². The van der Waals surface area contributed by atoms with Crippen LogP contribution in [0.15, 0.2) is 33.8 Å². The van der Waals surface area contributed by atoms with Gasteiger partial charge in [-0.1, -0.05) is 22.8 Å². The third-order valence-electron chi connectivity index (χ3n) is 3.13. The topological polar surface area (TPSA) is 75.8 Å². The maximum Gasteiger partial charge on any atom is 0.223 e. The quantitative estimate of drug-likeness (QED) is 0.610. The van der Waals surface area contributed by atoms with Crippen LogP contribution in [0, 0.1) is 6.92 Å². The van der Waals surface area contributed by atoms with Crippen molar-refractivity contribution in [3.8, 4) is 5.75 Å². The summed E-state index contributed by atoms with van der Waals surface area (Å²) in [5, 5.41) is 7.73. The second-order valence-corrected chi connectivity index (χ2v) is 5.56. The fourth-order valence-electron chi connectivity index (χ4n) is 1.98. The number of guanidine groups is 1. The van der Waals surface area contributed by atoms with E-state index in [1.54, 1.807) is 13.0 Å². The van der Waals surface area contributed by atoms with Gasteiger partial charge in [0.05, 0.1) is 6.54 Å². The maximum atomic E-state index is 5.94. The van der Waals surface area contributed by atoms with E-state index in [0.717, 1.165) is 18.3 Å². The molecule has 0 saturated carbocycles. The van der Waals surface area contributed by atoms with Gasteiger partial charge >= 0.3 is 0 Å². The Morgan fingerprint density at radius 2 is 2.29 bits per heavy atom. The van der Waals surface area contributed by atoms with Crippen LogP contribution in [0.1, 0.15) is 18.6 Å². The third-order valence-corrected chi connectivity index (χ3v) is 3.36. The predicted octanol–water partition coefficient (Wildman–Crippen LogP) is 2.51. The summed E-state index contributed by atoms with van der Waals surface area (Å²) in [5.74, 6) is 2.61. The molecule has 0 aliphatic rings. The second-order valence-electron chi connectivity index (χ2n) is 5.13. The lowest BCUT2D eigenvalue weighted by Crippen LogP contribution is -2.40. The number of nitrogens with one attached hydrogen (secondary N) is 1. The normalized spacial score (nSPS) is 11.4. The van der Waals surface area contributed by atoms with Crippen molar-refractivity contribution in [1.82, 2.24) is 20.4 Å². The van der Waals surface area contributed by atoms with Gasteiger partial charge < -0.3 is 19.5 Å². The Balaban J connectivity index is 1.87. The minimum Gasteiger partial charge on any atom is -0.492 e. The van der Waals surface area contributed by atoms with Gasteiger partial charge in [-0.3, -0.25) is 0 Å². The van der Waals surface area contributed by atoms with Crippen LogP contribution in [0.5, 0.6) is 5.75 Å². The van der Waals surface area contributed by atoms with Crippen molar-refractivity contribution in [3.63, 3.8) is 0 Å². The third kappa shape index (κ3) is 5.73. The number of benzene rings is 1. The first kappa shape index (κ1) is 18.1. The van der Waals surface area contributed by atoms with Gasteiger partial charge in [0.2, 0.25) is 5.89 Å². The molecule has 0 spiro atoms. The van der Waals surface area contributed by atoms with E-state index in [2.05, 4.69) is 20.4 Å². The molecule has 0 aliphatic carbocycles. The average molecular weight is 352 g/mol. The van der Waals surface area contributed by atoms with Crippen molar-refractivity contribution in [1.29, 1.82) is 0 Å². The van der Waals surface area contributed by atoms with Gasteiger partial charge in [-0.2, -0.15) is 4.98 Å². The summed E-state index contributed by atoms with van der Waals surface area (Å²) in [6.07, 6.45) is 0. The molecule has 130 valence electrons. The molecule has 0 radical (unpaired) electrons. The summed E-state index contributed by atoms with van der Waals surface area (Å²) in [5.41, 5.74) is 0. The van der Waals surface area contributed by atoms with E-state index in [0.29, 0.717) is 36.4 Å². The number of rotatable bonds is 7. The summed E-state index contributed by atoms with van der Waals surface area (Å²) < 4.78 is 10.6. The van der Waals surface area contributed by atoms with E-state index < -0.39 is 0 Å². The molecule has 0 unspecified atom stereocenters. The molecule has 2 aromatic rings. The number of halogens is 1. The summed E-state index contributed by atoms with van der Waals surface area (Å²) >= 11 is 5.94. The predicted molar refractivity (Wildman–Crippen MR) is 93.4 cm³/mol. The second kappa shape index (κ2) is 9.12. The number of hydrogen-bond acceptors (Lipinski definition) is 5. The zero-order chi connectivity index (χ0) is 17.4. The Hall–Kier alpha value is -2.28. The van der Waals surface area contributed by atoms with Gasteiger partial charge in [0, 0.05) is 25.5 Å². The molecule has 0 atom stereocenters. The lowest BCUT2D eigenvalue weighted by atomic mass is 10.3. The minimum atomic E-state index is 0.360. The lowest BCUT2D eigenvalue weighted by Gasteiger charge is -2.22. The van der Waals surface area contributed by atoms with E-state index in [1.807, 2.05) is 37.1 Å². The molecule has 0 amide bonds. The highest BCUT2D eigenvalue weighted by Crippen LogP contribution is 2.16. The van der Waals surface area contributed by atoms with E-state index in [4.69, 9.17) is 20.9 Å². The van der Waals surface area contributed by atoms with Crippen LogP contribution in [0.2, 0.25) is 5.02 Å². The van der Waals surface area contributed by atoms with Gasteiger partial charge in [0.25, 0.3) is 0 Å². The molecule has 1 aromatic heterocycles. The summed E-state index contributed by atoms with van der Waals surface area (Å²) in [7, 11) is 1.95. The number of aliphatic imine (C=N–C) groups is 1. The first-order chi connectivity index (χ1) is 11.6. The Morgan fingerprint density at radius 1 is 1.46 bits per heavy atom. The summed E-state index contributed by atoms with van der Waals surface area (Å²) in [4.78, 5) is 10.6. The molecule has 7 nitrogen and oxygen atoms in total. The molecule has 0 saturated heterocycles. The molecule has 1 N–H and O–H groups in total. The monoisotopic (exact) mass is 351 g/mol. The lowest BCUT2D eigenvalue weighted by molar-refractivity contribution is 0.281. The molecule has 0 fully saturated rings. The smallest absolute Gasteiger partial charge is 0.223 e. The fourth-order valence-corrected chi connectivity index (χ4v) is 2.16. The van der Waals surface area contributed by atoms with Gasteiger partial charge in [-0.25, -0.2) is 4.99 Å². The summed E-state index contributed by atoms with van der Waals surface area (Å²) in [6.45, 7) is 6.09. The Bertz CT molecular complexity index is 674. The van der Waals surface area contributed by atoms with Crippen molar-refractivity contribution in [2.75, 3.05) is 26.7 Å². The largest absolute Gasteiger partial charge is 0.492 e. The first-order valence-electron chi connectivity index (χ1n) is 7.75. The van der Waals surface area contributed by atoms with Crippen LogP contribution in [0.4, 0.5) is 0 Å². The zero-order valence-electron chi connectivity index (χ0n) is 14.1. The summed E-state index contributed by atoms with van der Waals surface area (Å²) in [6, 6.07) is 7.35. The minimum absolute atomic E-state index is 0.360. The van der Waals surface area contributed by atoms with Crippen LogP contribution in [0.3, 0.4) is 0 Å². The molecule has 8 heteroatoms. The van der Waals surface area contributed by atoms with Crippen LogP contribution >= 0.6 is 11.6 Å². The van der Waals surface area contributed by atoms with E-state index >= 15 is 0 Å². The molecule has 1 aromatic carbocycles. The standard InChI is InChI=1S/C16H22ClN5O2/c1-4-18-16(19-11-15-20-12(2)24-21-15)22(3)8-9-23-14-7-5-6-13(17)10-14/h5-7,10H,4,8-9,11H2,1-3H3,(H,18,19). The maximum absolute atomic E-state index is 5.94. The highest BCUT2D eigenvalue weighted by Gasteiger charge is 2.07. The number of ether oxygens (including phenoxy) is 1. The molecular formula is C16H22ClN5O2. The highest BCUT2D eigenvalue weighted by atomic mass is 35.5. The van der Waals surface area contributed by atoms with Crippen LogP contribution in [-0.4, -0.2) is 47.7 Å². The number of hydrogen-bond donors (Lipinski definition) is 1. The average Bonchev–Trinajstić information content (AvgIpc) is 2.97. The van der Waals surface area contributed by atoms with Crippen molar-refractivity contribution >= 4 is 17.6 Å². The zero-order valence-corrected chi connectivity index (χ0v) is 14.9. The number of aromatic nitrogens is 2. The van der Waals surface area contributed by atoms with Crippen LogP contribution in [0.25, 0.3) is 0 Å². The molecule has 0 bridgehead atoms. The Kier molecular flexibility index (Phi) is 6.87. The molecule has 0 aliphatic heterocycles. The van der Waals surface area contributed by atoms with Crippen molar-refractivity contribution in [2.24, 2.45) is 4.99 Å². The van der Waals surface area contributed by atoms with E-state index in [-0.39, 0.29) is 0 Å². The molecule has 1 heterocycles. The van der Waals surface area contributed by atoms with E-state index in [9.17, 15) is 0 Å². The highest BCUT2D eigenvalue weighted by molar-refractivity contribution is 6.30. The molecule has 24 heavy (non-hydrogen) atoms. The molecule has 2 rings (SSSR count). The number of nitrogens with zero attached hydrogens (tertiary/aromatic N) is 4. The Labute approximate surface area is 146 Å². The van der Waals surface area contributed by atoms with E-state index in [1.165, 1.54) is 0 Å². The van der Waals surface area contributed by atoms with Crippen molar-refractivity contribution < 1.29 is 9.26 Å². The van der Waals surface area contributed by atoms with Gasteiger partial charge in [0.15, 0.2) is 11.8 Å². The van der Waals surface area contributed by atoms with Crippen molar-refractivity contribution in [3.05, 3.63) is 41.0 Å². The molecular weight excluding hydrogens is 330 g/mol. The van der Waals surface area contributed by atoms with Crippen molar-refractivity contribution in [2.45, 2.75) is 20.4 Å².